The van der Waals surface area contributed by atoms with Crippen molar-refractivity contribution < 1.29 is 0 Å². The molecule has 1 aromatic heterocycles. The summed E-state index contributed by atoms with van der Waals surface area (Å²) in [6, 6.07) is 0. The molecule has 3 nitrogen and oxygen atoms in total. The Morgan fingerprint density at radius 1 is 1.50 bits per heavy atom. The molecule has 0 unspecified atom stereocenters. The van der Waals surface area contributed by atoms with E-state index in [0.29, 0.717) is 0 Å². The van der Waals surface area contributed by atoms with Gasteiger partial charge in [-0.15, -0.1) is 0 Å². The van der Waals surface area contributed by atoms with E-state index in [9.17, 15) is 0 Å². The highest BCUT2D eigenvalue weighted by molar-refractivity contribution is 5.30. The Morgan fingerprint density at radius 3 is 3.00 bits per heavy atom. The summed E-state index contributed by atoms with van der Waals surface area (Å²) in [7, 11) is 1.87. The van der Waals surface area contributed by atoms with Crippen LogP contribution in [0.15, 0.2) is 12.4 Å². The lowest BCUT2D eigenvalue weighted by molar-refractivity contribution is 0.798. The minimum Gasteiger partial charge on any atom is -0.372 e. The smallest absolute Gasteiger partial charge is 0.144 e. The van der Waals surface area contributed by atoms with Crippen molar-refractivity contribution in [3.8, 4) is 0 Å². The first-order chi connectivity index (χ1) is 5.88. The molecule has 0 atom stereocenters. The Bertz CT molecular complexity index is 268. The van der Waals surface area contributed by atoms with Gasteiger partial charge in [0, 0.05) is 13.2 Å². The van der Waals surface area contributed by atoms with Gasteiger partial charge in [0.25, 0.3) is 0 Å². The molecule has 0 spiro atoms. The largest absolute Gasteiger partial charge is 0.372 e. The Balaban J connectivity index is 2.08. The average molecular weight is 163 g/mol. The van der Waals surface area contributed by atoms with Crippen molar-refractivity contribution in [3.05, 3.63) is 18.1 Å². The van der Waals surface area contributed by atoms with Gasteiger partial charge in [0.05, 0.1) is 11.9 Å². The monoisotopic (exact) mass is 163 g/mol. The van der Waals surface area contributed by atoms with Crippen LogP contribution in [-0.2, 0) is 6.42 Å². The maximum Gasteiger partial charge on any atom is 0.144 e. The van der Waals surface area contributed by atoms with Crippen LogP contribution in [0.4, 0.5) is 5.82 Å². The van der Waals surface area contributed by atoms with Crippen molar-refractivity contribution in [1.82, 2.24) is 9.97 Å². The fraction of sp³-hybridized carbons (Fsp3) is 0.556. The predicted octanol–water partition coefficient (Wildman–Crippen LogP) is 1.47. The van der Waals surface area contributed by atoms with Crippen LogP contribution in [0.1, 0.15) is 18.5 Å². The Hall–Kier alpha value is -1.12. The third-order valence-corrected chi connectivity index (χ3v) is 2.14. The second-order valence-electron chi connectivity index (χ2n) is 3.29. The second-order valence-corrected chi connectivity index (χ2v) is 3.29. The predicted molar refractivity (Wildman–Crippen MR) is 48.0 cm³/mol. The van der Waals surface area contributed by atoms with Crippen LogP contribution in [0.3, 0.4) is 0 Å². The summed E-state index contributed by atoms with van der Waals surface area (Å²) in [5, 5.41) is 2.99. The van der Waals surface area contributed by atoms with Gasteiger partial charge in [0.2, 0.25) is 0 Å². The first-order valence-corrected chi connectivity index (χ1v) is 4.37. The molecular formula is C9H13N3. The summed E-state index contributed by atoms with van der Waals surface area (Å²) in [5.74, 6) is 1.75. The van der Waals surface area contributed by atoms with Gasteiger partial charge in [-0.1, -0.05) is 0 Å². The third kappa shape index (κ3) is 1.72. The van der Waals surface area contributed by atoms with Gasteiger partial charge >= 0.3 is 0 Å². The molecule has 0 aromatic carbocycles. The van der Waals surface area contributed by atoms with Crippen LogP contribution < -0.4 is 5.32 Å². The molecule has 0 aliphatic heterocycles. The minimum absolute atomic E-state index is 0.869. The number of anilines is 1. The molecule has 1 saturated carbocycles. The first-order valence-electron chi connectivity index (χ1n) is 4.37. The van der Waals surface area contributed by atoms with E-state index in [0.717, 1.165) is 23.9 Å². The summed E-state index contributed by atoms with van der Waals surface area (Å²) in [5.41, 5.74) is 1.12. The molecule has 1 fully saturated rings. The zero-order valence-corrected chi connectivity index (χ0v) is 7.25. The molecule has 0 radical (unpaired) electrons. The van der Waals surface area contributed by atoms with Crippen molar-refractivity contribution >= 4 is 5.82 Å². The van der Waals surface area contributed by atoms with E-state index in [2.05, 4.69) is 15.3 Å². The van der Waals surface area contributed by atoms with Crippen LogP contribution in [0.25, 0.3) is 0 Å². The van der Waals surface area contributed by atoms with Gasteiger partial charge < -0.3 is 5.32 Å². The summed E-state index contributed by atoms with van der Waals surface area (Å²) in [6.07, 6.45) is 7.44. The minimum atomic E-state index is 0.869. The Labute approximate surface area is 72.2 Å². The number of aromatic nitrogens is 2. The van der Waals surface area contributed by atoms with E-state index in [4.69, 9.17) is 0 Å². The maximum atomic E-state index is 4.40. The average Bonchev–Trinajstić information content (AvgIpc) is 2.89. The van der Waals surface area contributed by atoms with E-state index in [1.54, 1.807) is 6.20 Å². The quantitative estimate of drug-likeness (QED) is 0.733. The number of hydrogen-bond donors (Lipinski definition) is 1. The molecule has 1 aliphatic rings. The summed E-state index contributed by atoms with van der Waals surface area (Å²) in [4.78, 5) is 8.51. The van der Waals surface area contributed by atoms with Crippen molar-refractivity contribution in [2.75, 3.05) is 12.4 Å². The number of nitrogens with zero attached hydrogens (tertiary/aromatic N) is 2. The SMILES string of the molecule is CNc1cncc(CC2CC2)n1. The van der Waals surface area contributed by atoms with Crippen LogP contribution >= 0.6 is 0 Å². The zero-order chi connectivity index (χ0) is 8.39. The topological polar surface area (TPSA) is 37.8 Å². The van der Waals surface area contributed by atoms with Crippen LogP contribution in [-0.4, -0.2) is 17.0 Å². The van der Waals surface area contributed by atoms with E-state index < -0.39 is 0 Å². The van der Waals surface area contributed by atoms with Gasteiger partial charge in [0.15, 0.2) is 0 Å². The van der Waals surface area contributed by atoms with Crippen LogP contribution in [0, 0.1) is 5.92 Å². The van der Waals surface area contributed by atoms with Crippen LogP contribution in [0.2, 0.25) is 0 Å². The molecule has 12 heavy (non-hydrogen) atoms. The first kappa shape index (κ1) is 7.53. The highest BCUT2D eigenvalue weighted by Gasteiger charge is 2.22. The van der Waals surface area contributed by atoms with Crippen molar-refractivity contribution in [3.63, 3.8) is 0 Å². The third-order valence-electron chi connectivity index (χ3n) is 2.14. The Morgan fingerprint density at radius 2 is 2.33 bits per heavy atom. The zero-order valence-electron chi connectivity index (χ0n) is 7.25. The van der Waals surface area contributed by atoms with E-state index in [-0.39, 0.29) is 0 Å². The molecule has 0 amide bonds. The van der Waals surface area contributed by atoms with Gasteiger partial charge in [0.1, 0.15) is 5.82 Å². The molecule has 1 aliphatic carbocycles. The van der Waals surface area contributed by atoms with Gasteiger partial charge in [-0.25, -0.2) is 4.98 Å². The lowest BCUT2D eigenvalue weighted by Crippen LogP contribution is -1.98. The van der Waals surface area contributed by atoms with E-state index in [1.807, 2.05) is 13.2 Å². The van der Waals surface area contributed by atoms with Crippen molar-refractivity contribution in [2.24, 2.45) is 5.92 Å². The molecular weight excluding hydrogens is 150 g/mol. The molecule has 2 rings (SSSR count). The molecule has 1 heterocycles. The second kappa shape index (κ2) is 3.09. The lowest BCUT2D eigenvalue weighted by atomic mass is 10.2. The van der Waals surface area contributed by atoms with Gasteiger partial charge in [-0.3, -0.25) is 4.98 Å². The van der Waals surface area contributed by atoms with E-state index in [1.165, 1.54) is 12.8 Å². The van der Waals surface area contributed by atoms with Crippen molar-refractivity contribution in [2.45, 2.75) is 19.3 Å². The summed E-state index contributed by atoms with van der Waals surface area (Å²) >= 11 is 0. The standard InChI is InChI=1S/C9H13N3/c1-10-9-6-11-5-8(12-9)4-7-2-3-7/h5-7H,2-4H2,1H3,(H,10,12). The highest BCUT2D eigenvalue weighted by atomic mass is 15.0. The number of nitrogens with one attached hydrogen (secondary N) is 1. The lowest BCUT2D eigenvalue weighted by Gasteiger charge is -2.01. The maximum absolute atomic E-state index is 4.40. The van der Waals surface area contributed by atoms with Crippen molar-refractivity contribution in [1.29, 1.82) is 0 Å². The fourth-order valence-electron chi connectivity index (χ4n) is 1.24. The summed E-state index contributed by atoms with van der Waals surface area (Å²) in [6.45, 7) is 0. The Kier molecular flexibility index (Phi) is 1.94. The number of hydrogen-bond acceptors (Lipinski definition) is 3. The molecule has 1 N–H and O–H groups in total. The molecule has 3 heteroatoms. The molecule has 1 aromatic rings. The summed E-state index contributed by atoms with van der Waals surface area (Å²) < 4.78 is 0. The van der Waals surface area contributed by atoms with Gasteiger partial charge in [-0.05, 0) is 25.2 Å². The number of rotatable bonds is 3. The van der Waals surface area contributed by atoms with Crippen LogP contribution in [0.5, 0.6) is 0 Å². The molecule has 0 saturated heterocycles. The highest BCUT2D eigenvalue weighted by Crippen LogP contribution is 2.31. The fourth-order valence-corrected chi connectivity index (χ4v) is 1.24. The van der Waals surface area contributed by atoms with Gasteiger partial charge in [-0.2, -0.15) is 0 Å². The normalized spacial score (nSPS) is 16.1. The molecule has 64 valence electrons. The molecule has 0 bridgehead atoms. The van der Waals surface area contributed by atoms with E-state index >= 15 is 0 Å².